The molecule has 1 aromatic rings. The average Bonchev–Trinajstić information content (AvgIpc) is 3.05. The molecule has 0 aromatic carbocycles. The van der Waals surface area contributed by atoms with Crippen molar-refractivity contribution in [2.75, 3.05) is 29.0 Å². The van der Waals surface area contributed by atoms with Crippen LogP contribution in [0.25, 0.3) is 0 Å². The topological polar surface area (TPSA) is 67.1 Å². The van der Waals surface area contributed by atoms with Crippen LogP contribution in [0, 0.1) is 10.8 Å². The maximum absolute atomic E-state index is 6.59. The number of rotatable bonds is 17. The van der Waals surface area contributed by atoms with E-state index in [-0.39, 0.29) is 0 Å². The fourth-order valence-electron chi connectivity index (χ4n) is 6.99. The predicted molar refractivity (Wildman–Crippen MR) is 152 cm³/mol. The monoisotopic (exact) mass is 485 g/mol. The Kier molecular flexibility index (Phi) is 11.0. The van der Waals surface area contributed by atoms with Gasteiger partial charge in [-0.2, -0.15) is 0 Å². The molecular weight excluding hydrogens is 430 g/mol. The van der Waals surface area contributed by atoms with E-state index < -0.39 is 0 Å². The number of nitrogens with one attached hydrogen (secondary N) is 1. The van der Waals surface area contributed by atoms with Crippen molar-refractivity contribution in [3.05, 3.63) is 6.33 Å². The second-order valence-corrected chi connectivity index (χ2v) is 12.8. The molecule has 1 aliphatic carbocycles. The maximum atomic E-state index is 6.59. The maximum Gasteiger partial charge on any atom is 0.157 e. The highest BCUT2D eigenvalue weighted by Crippen LogP contribution is 2.53. The number of unbranched alkanes of at least 4 members (excludes halogenated alkanes) is 13. The van der Waals surface area contributed by atoms with Crippen LogP contribution in [-0.2, 0) is 0 Å². The lowest BCUT2D eigenvalue weighted by Crippen LogP contribution is -2.35. The highest BCUT2D eigenvalue weighted by Gasteiger charge is 2.50. The van der Waals surface area contributed by atoms with Gasteiger partial charge in [0.05, 0.1) is 0 Å². The first-order valence-electron chi connectivity index (χ1n) is 14.9. The summed E-state index contributed by atoms with van der Waals surface area (Å²) in [5.41, 5.74) is 8.08. The van der Waals surface area contributed by atoms with Gasteiger partial charge in [-0.25, -0.2) is 9.97 Å². The van der Waals surface area contributed by atoms with Crippen molar-refractivity contribution in [3.63, 3.8) is 0 Å². The minimum atomic E-state index is 0.367. The molecule has 35 heavy (non-hydrogen) atoms. The summed E-state index contributed by atoms with van der Waals surface area (Å²) in [4.78, 5) is 11.6. The van der Waals surface area contributed by atoms with Crippen molar-refractivity contribution in [3.8, 4) is 0 Å². The predicted octanol–water partition coefficient (Wildman–Crippen LogP) is 8.36. The molecule has 0 spiro atoms. The molecule has 1 saturated carbocycles. The molecule has 200 valence electrons. The largest absolute Gasteiger partial charge is 0.393 e. The molecule has 2 fully saturated rings. The summed E-state index contributed by atoms with van der Waals surface area (Å²) in [5, 5.41) is 3.50. The van der Waals surface area contributed by atoms with Crippen LogP contribution in [0.3, 0.4) is 0 Å². The molecular formula is C30H55N5. The standard InChI is InChI=1S/C30H55N5/c1-5-6-7-8-9-10-11-12-13-14-15-16-17-18-19-32-27-26(31)28(34-24-33-27)35-23-30(4)21-25(35)20-29(2,3)22-30/h24-25H,5-23,31H2,1-4H3,(H,32,33,34). The number of nitrogens with zero attached hydrogens (tertiary/aromatic N) is 3. The Bertz CT molecular complexity index is 748. The van der Waals surface area contributed by atoms with E-state index in [0.717, 1.165) is 30.4 Å². The fraction of sp³-hybridized carbons (Fsp3) is 0.867. The summed E-state index contributed by atoms with van der Waals surface area (Å²) >= 11 is 0. The molecule has 2 bridgehead atoms. The van der Waals surface area contributed by atoms with E-state index in [0.29, 0.717) is 16.9 Å². The first-order valence-corrected chi connectivity index (χ1v) is 14.9. The summed E-state index contributed by atoms with van der Waals surface area (Å²) in [7, 11) is 0. The van der Waals surface area contributed by atoms with Gasteiger partial charge in [-0.15, -0.1) is 0 Å². The van der Waals surface area contributed by atoms with E-state index >= 15 is 0 Å². The van der Waals surface area contributed by atoms with Gasteiger partial charge in [0.15, 0.2) is 11.6 Å². The summed E-state index contributed by atoms with van der Waals surface area (Å²) in [6.07, 6.45) is 24.8. The van der Waals surface area contributed by atoms with E-state index in [2.05, 4.69) is 47.9 Å². The number of anilines is 3. The summed E-state index contributed by atoms with van der Waals surface area (Å²) in [6.45, 7) is 11.5. The quantitative estimate of drug-likeness (QED) is 0.217. The number of fused-ring (bicyclic) bond motifs is 2. The van der Waals surface area contributed by atoms with Crippen LogP contribution >= 0.6 is 0 Å². The number of nitrogen functional groups attached to an aromatic ring is 1. The van der Waals surface area contributed by atoms with Crippen LogP contribution in [0.1, 0.15) is 137 Å². The molecule has 5 heteroatoms. The number of hydrogen-bond donors (Lipinski definition) is 2. The molecule has 1 aliphatic heterocycles. The second kappa shape index (κ2) is 13.7. The Morgan fingerprint density at radius 2 is 1.43 bits per heavy atom. The van der Waals surface area contributed by atoms with E-state index in [1.807, 2.05) is 0 Å². The van der Waals surface area contributed by atoms with E-state index in [9.17, 15) is 0 Å². The molecule has 0 amide bonds. The molecule has 3 rings (SSSR count). The van der Waals surface area contributed by atoms with Gasteiger partial charge < -0.3 is 16.0 Å². The lowest BCUT2D eigenvalue weighted by Gasteiger charge is -2.39. The normalized spacial score (nSPS) is 23.1. The van der Waals surface area contributed by atoms with Crippen molar-refractivity contribution >= 4 is 17.3 Å². The van der Waals surface area contributed by atoms with Crippen molar-refractivity contribution in [2.24, 2.45) is 10.8 Å². The molecule has 1 saturated heterocycles. The van der Waals surface area contributed by atoms with Crippen LogP contribution in [0.15, 0.2) is 6.33 Å². The Labute approximate surface area is 216 Å². The van der Waals surface area contributed by atoms with Gasteiger partial charge in [-0.05, 0) is 36.5 Å². The van der Waals surface area contributed by atoms with E-state index in [1.165, 1.54) is 109 Å². The van der Waals surface area contributed by atoms with Crippen LogP contribution < -0.4 is 16.0 Å². The first-order chi connectivity index (χ1) is 16.8. The lowest BCUT2D eigenvalue weighted by atomic mass is 9.65. The Morgan fingerprint density at radius 1 is 0.857 bits per heavy atom. The zero-order valence-electron chi connectivity index (χ0n) is 23.5. The summed E-state index contributed by atoms with van der Waals surface area (Å²) in [6, 6.07) is 0.541. The number of nitrogens with two attached hydrogens (primary N) is 1. The van der Waals surface area contributed by atoms with E-state index in [1.54, 1.807) is 6.33 Å². The van der Waals surface area contributed by atoms with Crippen molar-refractivity contribution in [1.82, 2.24) is 9.97 Å². The SMILES string of the molecule is CCCCCCCCCCCCCCCCNc1ncnc(N2CC3(C)CC2CC(C)(C)C3)c1N. The molecule has 3 N–H and O–H groups in total. The van der Waals surface area contributed by atoms with Crippen molar-refractivity contribution in [2.45, 2.75) is 143 Å². The van der Waals surface area contributed by atoms with Gasteiger partial charge in [-0.3, -0.25) is 0 Å². The Hall–Kier alpha value is -1.52. The van der Waals surface area contributed by atoms with Gasteiger partial charge in [0.25, 0.3) is 0 Å². The molecule has 0 radical (unpaired) electrons. The third kappa shape index (κ3) is 8.82. The van der Waals surface area contributed by atoms with Gasteiger partial charge in [0.2, 0.25) is 0 Å². The molecule has 2 heterocycles. The summed E-state index contributed by atoms with van der Waals surface area (Å²) in [5.74, 6) is 1.76. The molecule has 1 aromatic heterocycles. The van der Waals surface area contributed by atoms with Gasteiger partial charge in [0, 0.05) is 19.1 Å². The Balaban J connectivity index is 1.28. The van der Waals surface area contributed by atoms with Crippen LogP contribution in [-0.4, -0.2) is 29.1 Å². The van der Waals surface area contributed by atoms with Crippen LogP contribution in [0.2, 0.25) is 0 Å². The van der Waals surface area contributed by atoms with Gasteiger partial charge >= 0.3 is 0 Å². The Morgan fingerprint density at radius 3 is 2.03 bits per heavy atom. The zero-order chi connectivity index (χ0) is 25.2. The second-order valence-electron chi connectivity index (χ2n) is 12.8. The zero-order valence-corrected chi connectivity index (χ0v) is 23.5. The number of hydrogen-bond acceptors (Lipinski definition) is 5. The highest BCUT2D eigenvalue weighted by atomic mass is 15.3. The highest BCUT2D eigenvalue weighted by molar-refractivity contribution is 5.75. The van der Waals surface area contributed by atoms with Crippen LogP contribution in [0.5, 0.6) is 0 Å². The van der Waals surface area contributed by atoms with Gasteiger partial charge in [-0.1, -0.05) is 111 Å². The first kappa shape index (κ1) is 28.1. The smallest absolute Gasteiger partial charge is 0.157 e. The third-order valence-corrected chi connectivity index (χ3v) is 8.37. The fourth-order valence-corrected chi connectivity index (χ4v) is 6.99. The molecule has 5 nitrogen and oxygen atoms in total. The molecule has 2 unspecified atom stereocenters. The minimum absolute atomic E-state index is 0.367. The minimum Gasteiger partial charge on any atom is -0.393 e. The van der Waals surface area contributed by atoms with Crippen molar-refractivity contribution < 1.29 is 0 Å². The molecule has 2 atom stereocenters. The third-order valence-electron chi connectivity index (χ3n) is 8.37. The van der Waals surface area contributed by atoms with E-state index in [4.69, 9.17) is 5.73 Å². The lowest BCUT2D eigenvalue weighted by molar-refractivity contribution is 0.136. The van der Waals surface area contributed by atoms with Crippen molar-refractivity contribution in [1.29, 1.82) is 0 Å². The van der Waals surface area contributed by atoms with Crippen LogP contribution in [0.4, 0.5) is 17.3 Å². The average molecular weight is 486 g/mol. The van der Waals surface area contributed by atoms with Gasteiger partial charge in [0.1, 0.15) is 12.0 Å². The number of aromatic nitrogens is 2. The summed E-state index contributed by atoms with van der Waals surface area (Å²) < 4.78 is 0. The molecule has 2 aliphatic rings.